The van der Waals surface area contributed by atoms with E-state index in [0.717, 1.165) is 27.3 Å². The van der Waals surface area contributed by atoms with E-state index in [1.807, 2.05) is 19.1 Å². The van der Waals surface area contributed by atoms with Crippen molar-refractivity contribution in [3.63, 3.8) is 0 Å². The van der Waals surface area contributed by atoms with Gasteiger partial charge in [0.1, 0.15) is 0 Å². The van der Waals surface area contributed by atoms with Crippen LogP contribution in [0.5, 0.6) is 0 Å². The molecule has 0 radical (unpaired) electrons. The van der Waals surface area contributed by atoms with Crippen LogP contribution in [0.1, 0.15) is 10.7 Å². The number of benzene rings is 1. The summed E-state index contributed by atoms with van der Waals surface area (Å²) in [6, 6.07) is 8.37. The SMILES string of the molecule is Cc1nc(CC(N)CSc2ccccc2Br)cs1. The topological polar surface area (TPSA) is 38.9 Å². The number of rotatable bonds is 5. The molecule has 18 heavy (non-hydrogen) atoms. The van der Waals surface area contributed by atoms with Gasteiger partial charge in [-0.05, 0) is 35.0 Å². The van der Waals surface area contributed by atoms with Gasteiger partial charge in [0.05, 0.1) is 10.7 Å². The predicted molar refractivity (Wildman–Crippen MR) is 83.4 cm³/mol. The van der Waals surface area contributed by atoms with E-state index in [1.54, 1.807) is 23.1 Å². The lowest BCUT2D eigenvalue weighted by Crippen LogP contribution is -2.25. The molecule has 0 aliphatic carbocycles. The summed E-state index contributed by atoms with van der Waals surface area (Å²) in [6.07, 6.45) is 0.849. The molecule has 2 rings (SSSR count). The molecule has 0 spiro atoms. The molecule has 96 valence electrons. The average Bonchev–Trinajstić information content (AvgIpc) is 2.74. The van der Waals surface area contributed by atoms with Crippen molar-refractivity contribution in [2.45, 2.75) is 24.3 Å². The van der Waals surface area contributed by atoms with Gasteiger partial charge in [0.25, 0.3) is 0 Å². The van der Waals surface area contributed by atoms with E-state index in [9.17, 15) is 0 Å². The van der Waals surface area contributed by atoms with Gasteiger partial charge in [-0.15, -0.1) is 23.1 Å². The maximum absolute atomic E-state index is 6.14. The number of aromatic nitrogens is 1. The monoisotopic (exact) mass is 342 g/mol. The molecule has 2 aromatic rings. The van der Waals surface area contributed by atoms with Crippen LogP contribution in [0.4, 0.5) is 0 Å². The minimum absolute atomic E-state index is 0.142. The number of nitrogens with zero attached hydrogens (tertiary/aromatic N) is 1. The van der Waals surface area contributed by atoms with Crippen LogP contribution in [0.3, 0.4) is 0 Å². The van der Waals surface area contributed by atoms with E-state index in [4.69, 9.17) is 5.73 Å². The van der Waals surface area contributed by atoms with Crippen molar-refractivity contribution in [1.82, 2.24) is 4.98 Å². The van der Waals surface area contributed by atoms with Gasteiger partial charge in [0.2, 0.25) is 0 Å². The second-order valence-electron chi connectivity index (χ2n) is 4.06. The third kappa shape index (κ3) is 4.09. The minimum Gasteiger partial charge on any atom is -0.327 e. The molecule has 0 saturated heterocycles. The van der Waals surface area contributed by atoms with E-state index in [1.165, 1.54) is 4.90 Å². The predicted octanol–water partition coefficient (Wildman–Crippen LogP) is 3.88. The molecule has 5 heteroatoms. The number of hydrogen-bond acceptors (Lipinski definition) is 4. The van der Waals surface area contributed by atoms with Crippen LogP contribution in [0.2, 0.25) is 0 Å². The summed E-state index contributed by atoms with van der Waals surface area (Å²) >= 11 is 7.01. The summed E-state index contributed by atoms with van der Waals surface area (Å²) in [7, 11) is 0. The molecule has 2 N–H and O–H groups in total. The second-order valence-corrected chi connectivity index (χ2v) is 7.04. The standard InChI is InChI=1S/C13H15BrN2S2/c1-9-16-11(8-17-9)6-10(15)7-18-13-5-3-2-4-12(13)14/h2-5,8,10H,6-7,15H2,1H3. The fourth-order valence-electron chi connectivity index (χ4n) is 1.59. The van der Waals surface area contributed by atoms with Crippen molar-refractivity contribution in [2.24, 2.45) is 5.73 Å². The van der Waals surface area contributed by atoms with E-state index >= 15 is 0 Å². The summed E-state index contributed by atoms with van der Waals surface area (Å²) in [5, 5.41) is 3.20. The van der Waals surface area contributed by atoms with Gasteiger partial charge in [-0.2, -0.15) is 0 Å². The summed E-state index contributed by atoms with van der Waals surface area (Å²) in [6.45, 7) is 2.02. The Hall–Kier alpha value is -0.360. The van der Waals surface area contributed by atoms with Gasteiger partial charge in [-0.3, -0.25) is 0 Å². The summed E-state index contributed by atoms with van der Waals surface area (Å²) in [5.74, 6) is 0.902. The van der Waals surface area contributed by atoms with Gasteiger partial charge in [0.15, 0.2) is 0 Å². The lowest BCUT2D eigenvalue weighted by molar-refractivity contribution is 0.734. The van der Waals surface area contributed by atoms with Crippen molar-refractivity contribution in [3.8, 4) is 0 Å². The molecule has 1 heterocycles. The third-order valence-electron chi connectivity index (χ3n) is 2.43. The van der Waals surface area contributed by atoms with Gasteiger partial charge < -0.3 is 5.73 Å². The Morgan fingerprint density at radius 3 is 2.89 bits per heavy atom. The van der Waals surface area contributed by atoms with Gasteiger partial charge in [-0.25, -0.2) is 4.98 Å². The molecular formula is C13H15BrN2S2. The van der Waals surface area contributed by atoms with Gasteiger partial charge in [0, 0.05) is 33.0 Å². The van der Waals surface area contributed by atoms with Crippen LogP contribution >= 0.6 is 39.0 Å². The number of halogens is 1. The van der Waals surface area contributed by atoms with Crippen LogP contribution in [-0.4, -0.2) is 16.8 Å². The smallest absolute Gasteiger partial charge is 0.0897 e. The number of thiazole rings is 1. The molecule has 1 aromatic carbocycles. The van der Waals surface area contributed by atoms with Gasteiger partial charge in [-0.1, -0.05) is 12.1 Å². The Morgan fingerprint density at radius 1 is 1.44 bits per heavy atom. The highest BCUT2D eigenvalue weighted by molar-refractivity contribution is 9.10. The summed E-state index contributed by atoms with van der Waals surface area (Å²) < 4.78 is 1.13. The molecule has 0 aliphatic rings. The Labute approximate surface area is 124 Å². The zero-order valence-corrected chi connectivity index (χ0v) is 13.3. The molecule has 0 bridgehead atoms. The number of thioether (sulfide) groups is 1. The molecule has 1 atom stereocenters. The third-order valence-corrected chi connectivity index (χ3v) is 5.47. The molecule has 0 amide bonds. The highest BCUT2D eigenvalue weighted by Gasteiger charge is 2.08. The number of nitrogens with two attached hydrogens (primary N) is 1. The lowest BCUT2D eigenvalue weighted by atomic mass is 10.2. The summed E-state index contributed by atoms with van der Waals surface area (Å²) in [5.41, 5.74) is 7.25. The Bertz CT molecular complexity index is 513. The van der Waals surface area contributed by atoms with E-state index in [2.05, 4.69) is 38.4 Å². The zero-order valence-electron chi connectivity index (χ0n) is 10.1. The van der Waals surface area contributed by atoms with E-state index < -0.39 is 0 Å². The maximum Gasteiger partial charge on any atom is 0.0897 e. The van der Waals surface area contributed by atoms with Crippen LogP contribution in [-0.2, 0) is 6.42 Å². The first-order valence-corrected chi connectivity index (χ1v) is 8.35. The van der Waals surface area contributed by atoms with Gasteiger partial charge >= 0.3 is 0 Å². The van der Waals surface area contributed by atoms with E-state index in [0.29, 0.717) is 0 Å². The lowest BCUT2D eigenvalue weighted by Gasteiger charge is -2.10. The quantitative estimate of drug-likeness (QED) is 0.838. The molecule has 1 aromatic heterocycles. The van der Waals surface area contributed by atoms with E-state index in [-0.39, 0.29) is 6.04 Å². The molecule has 0 saturated carbocycles. The zero-order chi connectivity index (χ0) is 13.0. The Kier molecular flexibility index (Phi) is 5.24. The normalized spacial score (nSPS) is 12.6. The van der Waals surface area contributed by atoms with Crippen LogP contribution in [0, 0.1) is 6.92 Å². The fourth-order valence-corrected chi connectivity index (χ4v) is 3.73. The van der Waals surface area contributed by atoms with Crippen molar-refractivity contribution < 1.29 is 0 Å². The first-order valence-electron chi connectivity index (χ1n) is 5.69. The fraction of sp³-hybridized carbons (Fsp3) is 0.308. The average molecular weight is 343 g/mol. The first kappa shape index (κ1) is 14.1. The Balaban J connectivity index is 1.85. The highest BCUT2D eigenvalue weighted by Crippen LogP contribution is 2.27. The van der Waals surface area contributed by atoms with Crippen LogP contribution in [0.15, 0.2) is 39.0 Å². The highest BCUT2D eigenvalue weighted by atomic mass is 79.9. The van der Waals surface area contributed by atoms with Crippen molar-refractivity contribution in [3.05, 3.63) is 44.8 Å². The molecular weight excluding hydrogens is 328 g/mol. The second kappa shape index (κ2) is 6.70. The number of hydrogen-bond donors (Lipinski definition) is 1. The number of aryl methyl sites for hydroxylation is 1. The molecule has 1 unspecified atom stereocenters. The van der Waals surface area contributed by atoms with Crippen molar-refractivity contribution in [2.75, 3.05) is 5.75 Å². The van der Waals surface area contributed by atoms with Crippen molar-refractivity contribution >= 4 is 39.0 Å². The molecule has 0 fully saturated rings. The first-order chi connectivity index (χ1) is 8.65. The minimum atomic E-state index is 0.142. The van der Waals surface area contributed by atoms with Crippen molar-refractivity contribution in [1.29, 1.82) is 0 Å². The largest absolute Gasteiger partial charge is 0.327 e. The van der Waals surface area contributed by atoms with Crippen LogP contribution < -0.4 is 5.73 Å². The van der Waals surface area contributed by atoms with Crippen LogP contribution in [0.25, 0.3) is 0 Å². The molecule has 0 aliphatic heterocycles. The Morgan fingerprint density at radius 2 is 2.22 bits per heavy atom. The summed E-state index contributed by atoms with van der Waals surface area (Å²) in [4.78, 5) is 5.68. The molecule has 2 nitrogen and oxygen atoms in total. The maximum atomic E-state index is 6.14.